The Balaban J connectivity index is 1.74. The molecule has 22 heavy (non-hydrogen) atoms. The average Bonchev–Trinajstić information content (AvgIpc) is 2.73. The summed E-state index contributed by atoms with van der Waals surface area (Å²) in [5.74, 6) is 0. The molecule has 4 rings (SSSR count). The third kappa shape index (κ3) is 2.47. The minimum Gasteiger partial charge on any atom is -0.399 e. The standard InChI is InChI=1S/C20H24N2/c21-17-7-9-19-15(13-17)5-4-6-16-14-18(8-10-20(16)19)22-11-2-1-3-12-22/h7-10,13-14H,1-6,11-12,21H2. The van der Waals surface area contributed by atoms with E-state index in [2.05, 4.69) is 35.2 Å². The van der Waals surface area contributed by atoms with Crippen molar-refractivity contribution < 1.29 is 0 Å². The highest BCUT2D eigenvalue weighted by Crippen LogP contribution is 2.36. The Morgan fingerprint density at radius 2 is 1.41 bits per heavy atom. The van der Waals surface area contributed by atoms with Crippen LogP contribution in [0, 0.1) is 0 Å². The second kappa shape index (κ2) is 5.68. The van der Waals surface area contributed by atoms with Gasteiger partial charge < -0.3 is 10.6 Å². The molecule has 1 aliphatic carbocycles. The molecule has 2 aromatic rings. The lowest BCUT2D eigenvalue weighted by molar-refractivity contribution is 0.577. The molecule has 0 spiro atoms. The lowest BCUT2D eigenvalue weighted by Crippen LogP contribution is -2.29. The van der Waals surface area contributed by atoms with Crippen LogP contribution in [-0.4, -0.2) is 13.1 Å². The second-order valence-corrected chi connectivity index (χ2v) is 6.66. The van der Waals surface area contributed by atoms with Crippen LogP contribution < -0.4 is 10.6 Å². The van der Waals surface area contributed by atoms with E-state index in [4.69, 9.17) is 5.73 Å². The van der Waals surface area contributed by atoms with Gasteiger partial charge in [0.15, 0.2) is 0 Å². The van der Waals surface area contributed by atoms with E-state index in [1.807, 2.05) is 6.07 Å². The number of nitrogens with two attached hydrogens (primary N) is 1. The molecule has 114 valence electrons. The predicted molar refractivity (Wildman–Crippen MR) is 94.4 cm³/mol. The highest BCUT2D eigenvalue weighted by Gasteiger charge is 2.17. The van der Waals surface area contributed by atoms with Gasteiger partial charge in [0.05, 0.1) is 0 Å². The first-order valence-corrected chi connectivity index (χ1v) is 8.58. The minimum absolute atomic E-state index is 0.882. The van der Waals surface area contributed by atoms with Gasteiger partial charge in [-0.25, -0.2) is 0 Å². The van der Waals surface area contributed by atoms with E-state index in [1.54, 1.807) is 0 Å². The van der Waals surface area contributed by atoms with E-state index in [0.29, 0.717) is 0 Å². The average molecular weight is 292 g/mol. The van der Waals surface area contributed by atoms with Crippen LogP contribution in [0.15, 0.2) is 36.4 Å². The molecular formula is C20H24N2. The Labute approximate surface area is 132 Å². The van der Waals surface area contributed by atoms with E-state index in [1.165, 1.54) is 73.1 Å². The van der Waals surface area contributed by atoms with Gasteiger partial charge in [0.2, 0.25) is 0 Å². The Hall–Kier alpha value is -1.96. The Bertz CT molecular complexity index is 684. The molecule has 2 N–H and O–H groups in total. The van der Waals surface area contributed by atoms with Gasteiger partial charge in [-0.3, -0.25) is 0 Å². The summed E-state index contributed by atoms with van der Waals surface area (Å²) in [6, 6.07) is 13.5. The molecule has 1 heterocycles. The molecule has 2 aromatic carbocycles. The predicted octanol–water partition coefficient (Wildman–Crippen LogP) is 4.41. The molecule has 2 aliphatic rings. The molecule has 0 radical (unpaired) electrons. The van der Waals surface area contributed by atoms with Gasteiger partial charge in [-0.2, -0.15) is 0 Å². The van der Waals surface area contributed by atoms with Gasteiger partial charge in [-0.05, 0) is 85.0 Å². The molecule has 0 unspecified atom stereocenters. The van der Waals surface area contributed by atoms with Crippen molar-refractivity contribution in [3.63, 3.8) is 0 Å². The van der Waals surface area contributed by atoms with Gasteiger partial charge in [-0.1, -0.05) is 12.1 Å². The molecule has 1 saturated heterocycles. The molecule has 1 aliphatic heterocycles. The van der Waals surface area contributed by atoms with Crippen LogP contribution in [-0.2, 0) is 12.8 Å². The molecule has 0 bridgehead atoms. The van der Waals surface area contributed by atoms with Crippen molar-refractivity contribution in [1.82, 2.24) is 0 Å². The molecule has 0 aromatic heterocycles. The molecule has 0 amide bonds. The van der Waals surface area contributed by atoms with Gasteiger partial charge >= 0.3 is 0 Å². The van der Waals surface area contributed by atoms with E-state index in [-0.39, 0.29) is 0 Å². The number of hydrogen-bond donors (Lipinski definition) is 1. The van der Waals surface area contributed by atoms with Crippen molar-refractivity contribution in [3.8, 4) is 11.1 Å². The fourth-order valence-electron chi connectivity index (χ4n) is 3.95. The fourth-order valence-corrected chi connectivity index (χ4v) is 3.95. The first-order valence-electron chi connectivity index (χ1n) is 8.58. The van der Waals surface area contributed by atoms with Gasteiger partial charge in [0, 0.05) is 24.5 Å². The molecule has 1 fully saturated rings. The maximum atomic E-state index is 5.97. The summed E-state index contributed by atoms with van der Waals surface area (Å²) in [5, 5.41) is 0. The third-order valence-corrected chi connectivity index (χ3v) is 5.12. The summed E-state index contributed by atoms with van der Waals surface area (Å²) in [7, 11) is 0. The zero-order valence-corrected chi connectivity index (χ0v) is 13.1. The molecule has 0 atom stereocenters. The van der Waals surface area contributed by atoms with Crippen molar-refractivity contribution in [3.05, 3.63) is 47.5 Å². The number of hydrogen-bond acceptors (Lipinski definition) is 2. The number of anilines is 2. The highest BCUT2D eigenvalue weighted by atomic mass is 15.1. The maximum Gasteiger partial charge on any atom is 0.0369 e. The summed E-state index contributed by atoms with van der Waals surface area (Å²) in [6.07, 6.45) is 7.57. The van der Waals surface area contributed by atoms with E-state index >= 15 is 0 Å². The smallest absolute Gasteiger partial charge is 0.0369 e. The van der Waals surface area contributed by atoms with Gasteiger partial charge in [0.1, 0.15) is 0 Å². The van der Waals surface area contributed by atoms with Crippen molar-refractivity contribution in [2.24, 2.45) is 0 Å². The largest absolute Gasteiger partial charge is 0.399 e. The van der Waals surface area contributed by atoms with Crippen molar-refractivity contribution >= 4 is 11.4 Å². The summed E-state index contributed by atoms with van der Waals surface area (Å²) in [5.41, 5.74) is 14.0. The van der Waals surface area contributed by atoms with Gasteiger partial charge in [0.25, 0.3) is 0 Å². The van der Waals surface area contributed by atoms with E-state index < -0.39 is 0 Å². The fraction of sp³-hybridized carbons (Fsp3) is 0.400. The number of piperidine rings is 1. The summed E-state index contributed by atoms with van der Waals surface area (Å²) in [6.45, 7) is 2.43. The number of aryl methyl sites for hydroxylation is 2. The van der Waals surface area contributed by atoms with Crippen LogP contribution in [0.4, 0.5) is 11.4 Å². The number of rotatable bonds is 1. The first kappa shape index (κ1) is 13.7. The Kier molecular flexibility index (Phi) is 3.53. The SMILES string of the molecule is Nc1ccc2c(c1)CCCc1cc(N3CCCCC3)ccc1-2. The Morgan fingerprint density at radius 1 is 0.727 bits per heavy atom. The minimum atomic E-state index is 0.882. The van der Waals surface area contributed by atoms with Crippen LogP contribution >= 0.6 is 0 Å². The maximum absolute atomic E-state index is 5.97. The van der Waals surface area contributed by atoms with Crippen LogP contribution in [0.3, 0.4) is 0 Å². The van der Waals surface area contributed by atoms with Gasteiger partial charge in [-0.15, -0.1) is 0 Å². The lowest BCUT2D eigenvalue weighted by atomic mass is 9.95. The number of benzene rings is 2. The van der Waals surface area contributed by atoms with Crippen molar-refractivity contribution in [2.75, 3.05) is 23.7 Å². The van der Waals surface area contributed by atoms with Crippen LogP contribution in [0.25, 0.3) is 11.1 Å². The highest BCUT2D eigenvalue weighted by molar-refractivity contribution is 5.75. The molecular weight excluding hydrogens is 268 g/mol. The zero-order chi connectivity index (χ0) is 14.9. The van der Waals surface area contributed by atoms with E-state index in [9.17, 15) is 0 Å². The zero-order valence-electron chi connectivity index (χ0n) is 13.1. The molecule has 2 heteroatoms. The molecule has 0 saturated carbocycles. The van der Waals surface area contributed by atoms with Crippen LogP contribution in [0.5, 0.6) is 0 Å². The number of fused-ring (bicyclic) bond motifs is 3. The molecule has 2 nitrogen and oxygen atoms in total. The monoisotopic (exact) mass is 292 g/mol. The van der Waals surface area contributed by atoms with Crippen LogP contribution in [0.1, 0.15) is 36.8 Å². The second-order valence-electron chi connectivity index (χ2n) is 6.66. The van der Waals surface area contributed by atoms with E-state index in [0.717, 1.165) is 12.1 Å². The van der Waals surface area contributed by atoms with Crippen LogP contribution in [0.2, 0.25) is 0 Å². The van der Waals surface area contributed by atoms with Crippen molar-refractivity contribution in [1.29, 1.82) is 0 Å². The summed E-state index contributed by atoms with van der Waals surface area (Å²) in [4.78, 5) is 2.55. The quantitative estimate of drug-likeness (QED) is 0.789. The number of nitrogens with zero attached hydrogens (tertiary/aromatic N) is 1. The normalized spacial score (nSPS) is 17.5. The lowest BCUT2D eigenvalue weighted by Gasteiger charge is -2.29. The third-order valence-electron chi connectivity index (χ3n) is 5.12. The Morgan fingerprint density at radius 3 is 2.18 bits per heavy atom. The topological polar surface area (TPSA) is 29.3 Å². The summed E-state index contributed by atoms with van der Waals surface area (Å²) >= 11 is 0. The summed E-state index contributed by atoms with van der Waals surface area (Å²) < 4.78 is 0. The van der Waals surface area contributed by atoms with Crippen molar-refractivity contribution in [2.45, 2.75) is 38.5 Å². The number of nitrogen functional groups attached to an aromatic ring is 1. The first-order chi connectivity index (χ1) is 10.8.